The fourth-order valence-corrected chi connectivity index (χ4v) is 3.34. The maximum atomic E-state index is 12.5. The predicted molar refractivity (Wildman–Crippen MR) is 95.7 cm³/mol. The summed E-state index contributed by atoms with van der Waals surface area (Å²) in [6, 6.07) is 8.20. The number of methoxy groups -OCH3 is 1. The van der Waals surface area contributed by atoms with Crippen molar-refractivity contribution >= 4 is 5.91 Å². The number of nitrogens with zero attached hydrogens (tertiary/aromatic N) is 4. The normalized spacial score (nSPS) is 17.3. The van der Waals surface area contributed by atoms with E-state index in [9.17, 15) is 4.79 Å². The lowest BCUT2D eigenvalue weighted by atomic mass is 10.1. The van der Waals surface area contributed by atoms with Crippen LogP contribution in [-0.4, -0.2) is 45.8 Å². The summed E-state index contributed by atoms with van der Waals surface area (Å²) in [4.78, 5) is 14.5. The van der Waals surface area contributed by atoms with E-state index in [0.717, 1.165) is 43.1 Å². The van der Waals surface area contributed by atoms with Crippen molar-refractivity contribution in [2.24, 2.45) is 0 Å². The van der Waals surface area contributed by atoms with Gasteiger partial charge in [-0.2, -0.15) is 0 Å². The zero-order valence-electron chi connectivity index (χ0n) is 15.2. The molecule has 0 saturated carbocycles. The molecule has 1 aromatic carbocycles. The lowest BCUT2D eigenvalue weighted by Crippen LogP contribution is -2.29. The molecule has 1 atom stereocenters. The highest BCUT2D eigenvalue weighted by atomic mass is 16.5. The Bertz CT molecular complexity index is 708. The van der Waals surface area contributed by atoms with Crippen molar-refractivity contribution in [2.75, 3.05) is 20.2 Å². The van der Waals surface area contributed by atoms with Gasteiger partial charge in [0, 0.05) is 25.4 Å². The average molecular weight is 342 g/mol. The number of amides is 1. The number of carbonyl (C=O) groups is 1. The first-order valence-electron chi connectivity index (χ1n) is 8.88. The molecular formula is C19H26N4O2. The van der Waals surface area contributed by atoms with Crippen LogP contribution >= 0.6 is 0 Å². The Morgan fingerprint density at radius 1 is 1.32 bits per heavy atom. The van der Waals surface area contributed by atoms with E-state index < -0.39 is 0 Å². The molecule has 3 rings (SSSR count). The molecule has 2 heterocycles. The van der Waals surface area contributed by atoms with Crippen molar-refractivity contribution in [1.82, 2.24) is 19.7 Å². The van der Waals surface area contributed by atoms with Crippen LogP contribution in [-0.2, 0) is 11.2 Å². The minimum atomic E-state index is 0.220. The van der Waals surface area contributed by atoms with Gasteiger partial charge in [-0.15, -0.1) is 10.2 Å². The molecule has 25 heavy (non-hydrogen) atoms. The summed E-state index contributed by atoms with van der Waals surface area (Å²) in [5, 5.41) is 8.27. The van der Waals surface area contributed by atoms with Crippen molar-refractivity contribution in [2.45, 2.75) is 45.1 Å². The molecule has 2 aromatic rings. The molecule has 0 aliphatic carbocycles. The lowest BCUT2D eigenvalue weighted by Gasteiger charge is -2.18. The van der Waals surface area contributed by atoms with Crippen molar-refractivity contribution in [3.05, 3.63) is 42.0 Å². The highest BCUT2D eigenvalue weighted by Gasteiger charge is 2.29. The molecule has 1 unspecified atom stereocenters. The zero-order valence-corrected chi connectivity index (χ0v) is 15.2. The summed E-state index contributed by atoms with van der Waals surface area (Å²) >= 11 is 0. The SMILES string of the molecule is COc1ccc(CCC(=O)N2CCC(n3cnnc3C(C)C)C2)cc1. The summed E-state index contributed by atoms with van der Waals surface area (Å²) in [5.74, 6) is 2.39. The summed E-state index contributed by atoms with van der Waals surface area (Å²) in [6.07, 6.45) is 4.06. The van der Waals surface area contributed by atoms with Crippen LogP contribution in [0, 0.1) is 0 Å². The number of rotatable bonds is 6. The molecule has 1 aliphatic heterocycles. The third kappa shape index (κ3) is 4.00. The maximum Gasteiger partial charge on any atom is 0.222 e. The average Bonchev–Trinajstić information content (AvgIpc) is 3.28. The van der Waals surface area contributed by atoms with E-state index in [1.54, 1.807) is 13.4 Å². The third-order valence-corrected chi connectivity index (χ3v) is 4.81. The molecule has 1 fully saturated rings. The van der Waals surface area contributed by atoms with Crippen molar-refractivity contribution in [1.29, 1.82) is 0 Å². The minimum Gasteiger partial charge on any atom is -0.497 e. The summed E-state index contributed by atoms with van der Waals surface area (Å²) in [7, 11) is 1.66. The van der Waals surface area contributed by atoms with E-state index in [2.05, 4.69) is 28.6 Å². The molecule has 0 bridgehead atoms. The second kappa shape index (κ2) is 7.68. The number of hydrogen-bond donors (Lipinski definition) is 0. The zero-order chi connectivity index (χ0) is 17.8. The summed E-state index contributed by atoms with van der Waals surface area (Å²) in [6.45, 7) is 5.79. The molecule has 1 aliphatic rings. The van der Waals surface area contributed by atoms with E-state index in [1.165, 1.54) is 0 Å². The smallest absolute Gasteiger partial charge is 0.222 e. The Morgan fingerprint density at radius 2 is 2.08 bits per heavy atom. The number of hydrogen-bond acceptors (Lipinski definition) is 4. The monoisotopic (exact) mass is 342 g/mol. The van der Waals surface area contributed by atoms with Gasteiger partial charge in [0.25, 0.3) is 0 Å². The highest BCUT2D eigenvalue weighted by Crippen LogP contribution is 2.25. The van der Waals surface area contributed by atoms with Crippen LogP contribution in [0.4, 0.5) is 0 Å². The van der Waals surface area contributed by atoms with Crippen LogP contribution in [0.3, 0.4) is 0 Å². The first-order chi connectivity index (χ1) is 12.1. The number of ether oxygens (including phenoxy) is 1. The fourth-order valence-electron chi connectivity index (χ4n) is 3.34. The molecule has 1 amide bonds. The van der Waals surface area contributed by atoms with Gasteiger partial charge in [0.2, 0.25) is 5.91 Å². The second-order valence-electron chi connectivity index (χ2n) is 6.88. The Labute approximate surface area is 148 Å². The third-order valence-electron chi connectivity index (χ3n) is 4.81. The van der Waals surface area contributed by atoms with Gasteiger partial charge in [-0.05, 0) is 30.5 Å². The van der Waals surface area contributed by atoms with Gasteiger partial charge >= 0.3 is 0 Å². The van der Waals surface area contributed by atoms with Crippen LogP contribution in [0.5, 0.6) is 5.75 Å². The van der Waals surface area contributed by atoms with Crippen molar-refractivity contribution < 1.29 is 9.53 Å². The van der Waals surface area contributed by atoms with Gasteiger partial charge < -0.3 is 14.2 Å². The van der Waals surface area contributed by atoms with Crippen LogP contribution < -0.4 is 4.74 Å². The Morgan fingerprint density at radius 3 is 2.76 bits per heavy atom. The molecule has 0 radical (unpaired) electrons. The molecular weight excluding hydrogens is 316 g/mol. The largest absolute Gasteiger partial charge is 0.497 e. The van der Waals surface area contributed by atoms with Crippen molar-refractivity contribution in [3.63, 3.8) is 0 Å². The first-order valence-corrected chi connectivity index (χ1v) is 8.88. The van der Waals surface area contributed by atoms with Gasteiger partial charge in [0.1, 0.15) is 17.9 Å². The summed E-state index contributed by atoms with van der Waals surface area (Å²) < 4.78 is 7.30. The number of aryl methyl sites for hydroxylation is 1. The van der Waals surface area contributed by atoms with Crippen LogP contribution in [0.2, 0.25) is 0 Å². The highest BCUT2D eigenvalue weighted by molar-refractivity contribution is 5.76. The van der Waals surface area contributed by atoms with Crippen LogP contribution in [0.15, 0.2) is 30.6 Å². The number of likely N-dealkylation sites (tertiary alicyclic amines) is 1. The maximum absolute atomic E-state index is 12.5. The van der Waals surface area contributed by atoms with Gasteiger partial charge in [-0.1, -0.05) is 26.0 Å². The number of aromatic nitrogens is 3. The van der Waals surface area contributed by atoms with Crippen molar-refractivity contribution in [3.8, 4) is 5.75 Å². The van der Waals surface area contributed by atoms with Crippen LogP contribution in [0.1, 0.15) is 50.0 Å². The van der Waals surface area contributed by atoms with Gasteiger partial charge in [-0.3, -0.25) is 4.79 Å². The summed E-state index contributed by atoms with van der Waals surface area (Å²) in [5.41, 5.74) is 1.16. The molecule has 1 saturated heterocycles. The molecule has 6 nitrogen and oxygen atoms in total. The molecule has 0 N–H and O–H groups in total. The Hall–Kier alpha value is -2.37. The van der Waals surface area contributed by atoms with Gasteiger partial charge in [0.05, 0.1) is 13.2 Å². The van der Waals surface area contributed by atoms with E-state index >= 15 is 0 Å². The van der Waals surface area contributed by atoms with Gasteiger partial charge in [0.15, 0.2) is 0 Å². The van der Waals surface area contributed by atoms with E-state index in [1.807, 2.05) is 29.2 Å². The Kier molecular flexibility index (Phi) is 5.36. The molecule has 6 heteroatoms. The molecule has 1 aromatic heterocycles. The quantitative estimate of drug-likeness (QED) is 0.810. The Balaban J connectivity index is 1.54. The lowest BCUT2D eigenvalue weighted by molar-refractivity contribution is -0.130. The van der Waals surface area contributed by atoms with E-state index in [0.29, 0.717) is 12.3 Å². The van der Waals surface area contributed by atoms with Crippen LogP contribution in [0.25, 0.3) is 0 Å². The topological polar surface area (TPSA) is 60.2 Å². The first kappa shape index (κ1) is 17.5. The van der Waals surface area contributed by atoms with E-state index in [-0.39, 0.29) is 11.9 Å². The van der Waals surface area contributed by atoms with Gasteiger partial charge in [-0.25, -0.2) is 0 Å². The predicted octanol–water partition coefficient (Wildman–Crippen LogP) is 2.82. The fraction of sp³-hybridized carbons (Fsp3) is 0.526. The molecule has 0 spiro atoms. The molecule has 134 valence electrons. The number of benzene rings is 1. The number of carbonyl (C=O) groups excluding carboxylic acids is 1. The second-order valence-corrected chi connectivity index (χ2v) is 6.88. The minimum absolute atomic E-state index is 0.220. The standard InChI is InChI=1S/C19H26N4O2/c1-14(2)19-21-20-13-23(19)16-10-11-22(12-16)18(24)9-6-15-4-7-17(25-3)8-5-15/h4-5,7-8,13-14,16H,6,9-12H2,1-3H3. The van der Waals surface area contributed by atoms with E-state index in [4.69, 9.17) is 4.74 Å².